The third-order valence-corrected chi connectivity index (χ3v) is 5.56. The summed E-state index contributed by atoms with van der Waals surface area (Å²) in [6, 6.07) is 15.3. The van der Waals surface area contributed by atoms with Gasteiger partial charge in [-0.25, -0.2) is 4.79 Å². The largest absolute Gasteiger partial charge is 0.443 e. The summed E-state index contributed by atoms with van der Waals surface area (Å²) < 4.78 is 7.33. The quantitative estimate of drug-likeness (QED) is 0.511. The van der Waals surface area contributed by atoms with Gasteiger partial charge in [0.25, 0.3) is 5.56 Å². The molecule has 7 nitrogen and oxygen atoms in total. The minimum atomic E-state index is -0.694. The highest BCUT2D eigenvalue weighted by molar-refractivity contribution is 6.05. The van der Waals surface area contributed by atoms with Gasteiger partial charge in [0.1, 0.15) is 11.4 Å². The molecule has 0 saturated carbocycles. The zero-order valence-electron chi connectivity index (χ0n) is 21.4. The Kier molecular flexibility index (Phi) is 7.68. The van der Waals surface area contributed by atoms with Crippen molar-refractivity contribution in [2.24, 2.45) is 11.7 Å². The number of fused-ring (bicyclic) bond motifs is 1. The van der Waals surface area contributed by atoms with Gasteiger partial charge in [0.2, 0.25) is 5.91 Å². The molecule has 7 heteroatoms. The van der Waals surface area contributed by atoms with Gasteiger partial charge in [-0.15, -0.1) is 0 Å². The summed E-state index contributed by atoms with van der Waals surface area (Å²) in [6.45, 7) is 9.92. The number of hydrogen-bond acceptors (Lipinski definition) is 4. The molecule has 1 aromatic heterocycles. The number of aromatic nitrogens is 1. The Morgan fingerprint density at radius 3 is 2.29 bits per heavy atom. The van der Waals surface area contributed by atoms with Gasteiger partial charge < -0.3 is 10.5 Å². The lowest BCUT2D eigenvalue weighted by molar-refractivity contribution is -0.118. The van der Waals surface area contributed by atoms with E-state index in [9.17, 15) is 14.4 Å². The summed E-state index contributed by atoms with van der Waals surface area (Å²) in [5, 5.41) is 1.27. The second-order valence-electron chi connectivity index (χ2n) is 10.3. The predicted octanol–water partition coefficient (Wildman–Crippen LogP) is 5.11. The monoisotopic (exact) mass is 477 g/mol. The third-order valence-electron chi connectivity index (χ3n) is 5.56. The van der Waals surface area contributed by atoms with E-state index in [4.69, 9.17) is 10.5 Å². The number of amides is 2. The second kappa shape index (κ2) is 10.3. The van der Waals surface area contributed by atoms with Crippen molar-refractivity contribution in [1.29, 1.82) is 0 Å². The highest BCUT2D eigenvalue weighted by Crippen LogP contribution is 2.37. The number of anilines is 1. The van der Waals surface area contributed by atoms with Crippen LogP contribution in [0.3, 0.4) is 0 Å². The number of ether oxygens (including phenoxy) is 1. The van der Waals surface area contributed by atoms with Crippen molar-refractivity contribution in [2.75, 3.05) is 11.9 Å². The molecule has 186 valence electrons. The molecule has 0 spiro atoms. The van der Waals surface area contributed by atoms with Crippen molar-refractivity contribution in [3.63, 3.8) is 0 Å². The highest BCUT2D eigenvalue weighted by atomic mass is 16.6. The minimum absolute atomic E-state index is 0.161. The third kappa shape index (κ3) is 6.10. The van der Waals surface area contributed by atoms with Crippen molar-refractivity contribution in [3.05, 3.63) is 64.4 Å². The summed E-state index contributed by atoms with van der Waals surface area (Å²) in [5.41, 5.74) is 7.00. The van der Waals surface area contributed by atoms with E-state index >= 15 is 0 Å². The molecule has 1 heterocycles. The average Bonchev–Trinajstić information content (AvgIpc) is 2.77. The topological polar surface area (TPSA) is 94.6 Å². The Morgan fingerprint density at radius 1 is 1.06 bits per heavy atom. The summed E-state index contributed by atoms with van der Waals surface area (Å²) in [7, 11) is 1.63. The Balaban J connectivity index is 2.40. The van der Waals surface area contributed by atoms with Crippen LogP contribution in [0.25, 0.3) is 21.9 Å². The fraction of sp³-hybridized carbons (Fsp3) is 0.393. The van der Waals surface area contributed by atoms with Gasteiger partial charge >= 0.3 is 6.09 Å². The van der Waals surface area contributed by atoms with Crippen molar-refractivity contribution < 1.29 is 14.3 Å². The van der Waals surface area contributed by atoms with Crippen molar-refractivity contribution >= 4 is 28.6 Å². The van der Waals surface area contributed by atoms with Crippen LogP contribution in [0.4, 0.5) is 10.6 Å². The minimum Gasteiger partial charge on any atom is -0.443 e. The van der Waals surface area contributed by atoms with Crippen LogP contribution < -0.4 is 16.2 Å². The highest BCUT2D eigenvalue weighted by Gasteiger charge is 2.28. The van der Waals surface area contributed by atoms with E-state index in [2.05, 4.69) is 0 Å². The van der Waals surface area contributed by atoms with Crippen molar-refractivity contribution in [1.82, 2.24) is 4.57 Å². The predicted molar refractivity (Wildman–Crippen MR) is 141 cm³/mol. The molecule has 0 bridgehead atoms. The first-order valence-corrected chi connectivity index (χ1v) is 11.9. The molecule has 0 radical (unpaired) electrons. The van der Waals surface area contributed by atoms with Crippen molar-refractivity contribution in [3.8, 4) is 11.1 Å². The Bertz CT molecular complexity index is 1290. The number of rotatable bonds is 7. The summed E-state index contributed by atoms with van der Waals surface area (Å²) in [5.74, 6) is 0.254. The molecule has 0 unspecified atom stereocenters. The second-order valence-corrected chi connectivity index (χ2v) is 10.3. The van der Waals surface area contributed by atoms with Gasteiger partial charge in [0.05, 0.1) is 0 Å². The maximum absolute atomic E-state index is 13.8. The molecule has 2 N–H and O–H groups in total. The van der Waals surface area contributed by atoms with Gasteiger partial charge in [-0.2, -0.15) is 0 Å². The summed E-state index contributed by atoms with van der Waals surface area (Å²) in [6.07, 6.45) is 0.128. The van der Waals surface area contributed by atoms with E-state index < -0.39 is 11.7 Å². The van der Waals surface area contributed by atoms with Crippen LogP contribution in [0.15, 0.2) is 53.3 Å². The SMILES string of the molecule is CC(C)Cn1c(N(C)C(=O)OC(C)(C)C)c(-c2ccccc2)c2cc(CCC(N)=O)ccc2c1=O. The standard InChI is InChI=1S/C28H35N3O4/c1-18(2)17-31-25(30(6)27(34)35-28(3,4)5)24(20-10-8-7-9-11-20)22-16-19(13-15-23(29)32)12-14-21(22)26(31)33/h7-12,14,16,18H,13,15,17H2,1-6H3,(H2,29,32). The molecule has 3 rings (SSSR count). The Morgan fingerprint density at radius 2 is 1.71 bits per heavy atom. The van der Waals surface area contributed by atoms with Gasteiger partial charge in [0, 0.05) is 31.0 Å². The number of benzene rings is 2. The van der Waals surface area contributed by atoms with Crippen LogP contribution in [0, 0.1) is 5.92 Å². The molecule has 0 aliphatic heterocycles. The zero-order valence-corrected chi connectivity index (χ0v) is 21.4. The molecule has 2 aromatic carbocycles. The average molecular weight is 478 g/mol. The fourth-order valence-electron chi connectivity index (χ4n) is 4.09. The van der Waals surface area contributed by atoms with Crippen LogP contribution in [0.1, 0.15) is 46.6 Å². The van der Waals surface area contributed by atoms with Gasteiger partial charge in [-0.1, -0.05) is 56.3 Å². The van der Waals surface area contributed by atoms with E-state index in [0.717, 1.165) is 16.7 Å². The van der Waals surface area contributed by atoms with Gasteiger partial charge in [0.15, 0.2) is 0 Å². The Labute approximate surface area is 206 Å². The fourth-order valence-corrected chi connectivity index (χ4v) is 4.09. The van der Waals surface area contributed by atoms with Crippen LogP contribution in [-0.4, -0.2) is 29.2 Å². The molecule has 0 aliphatic rings. The van der Waals surface area contributed by atoms with Gasteiger partial charge in [-0.05, 0) is 55.7 Å². The number of nitrogens with two attached hydrogens (primary N) is 1. The smallest absolute Gasteiger partial charge is 0.415 e. The number of carbonyl (C=O) groups is 2. The lowest BCUT2D eigenvalue weighted by atomic mass is 9.95. The molecular weight excluding hydrogens is 442 g/mol. The number of hydrogen-bond donors (Lipinski definition) is 1. The van der Waals surface area contributed by atoms with Crippen molar-refractivity contribution in [2.45, 2.75) is 59.6 Å². The maximum atomic E-state index is 13.8. The molecule has 35 heavy (non-hydrogen) atoms. The normalized spacial score (nSPS) is 11.6. The molecular formula is C28H35N3O4. The lowest BCUT2D eigenvalue weighted by Gasteiger charge is -2.29. The molecule has 0 fully saturated rings. The number of aryl methyl sites for hydroxylation is 1. The van der Waals surface area contributed by atoms with Crippen LogP contribution in [0.5, 0.6) is 0 Å². The molecule has 3 aromatic rings. The number of carbonyl (C=O) groups excluding carboxylic acids is 2. The lowest BCUT2D eigenvalue weighted by Crippen LogP contribution is -2.38. The van der Waals surface area contributed by atoms with Crippen LogP contribution in [-0.2, 0) is 22.5 Å². The first-order chi connectivity index (χ1) is 16.4. The summed E-state index contributed by atoms with van der Waals surface area (Å²) in [4.78, 5) is 39.8. The first-order valence-electron chi connectivity index (χ1n) is 11.9. The van der Waals surface area contributed by atoms with E-state index in [-0.39, 0.29) is 23.8 Å². The van der Waals surface area contributed by atoms with Crippen LogP contribution in [0.2, 0.25) is 0 Å². The van der Waals surface area contributed by atoms with E-state index in [1.165, 1.54) is 4.90 Å². The summed E-state index contributed by atoms with van der Waals surface area (Å²) >= 11 is 0. The van der Waals surface area contributed by atoms with E-state index in [1.54, 1.807) is 17.7 Å². The van der Waals surface area contributed by atoms with Gasteiger partial charge in [-0.3, -0.25) is 19.1 Å². The van der Waals surface area contributed by atoms with E-state index in [1.807, 2.05) is 77.1 Å². The molecule has 2 amide bonds. The first kappa shape index (κ1) is 26.0. The number of pyridine rings is 1. The van der Waals surface area contributed by atoms with Crippen LogP contribution >= 0.6 is 0 Å². The molecule has 0 atom stereocenters. The maximum Gasteiger partial charge on any atom is 0.415 e. The Hall–Kier alpha value is -3.61. The zero-order chi connectivity index (χ0) is 25.9. The van der Waals surface area contributed by atoms with E-state index in [0.29, 0.717) is 29.6 Å². The molecule has 0 aliphatic carbocycles. The number of nitrogens with zero attached hydrogens (tertiary/aromatic N) is 2. The number of primary amides is 1. The molecule has 0 saturated heterocycles.